The van der Waals surface area contributed by atoms with Gasteiger partial charge in [0.2, 0.25) is 5.91 Å². The molecule has 2 aromatic carbocycles. The van der Waals surface area contributed by atoms with Crippen LogP contribution in [0.5, 0.6) is 11.5 Å². The molecular formula is C30H37NO5. The van der Waals surface area contributed by atoms with Crippen molar-refractivity contribution < 1.29 is 23.8 Å². The van der Waals surface area contributed by atoms with Gasteiger partial charge in [-0.25, -0.2) is 4.79 Å². The van der Waals surface area contributed by atoms with Crippen LogP contribution in [0.4, 0.5) is 0 Å². The zero-order chi connectivity index (χ0) is 25.3. The molecule has 0 radical (unpaired) electrons. The zero-order valence-corrected chi connectivity index (χ0v) is 21.4. The fourth-order valence-corrected chi connectivity index (χ4v) is 5.23. The molecule has 1 heterocycles. The van der Waals surface area contributed by atoms with Crippen LogP contribution >= 0.6 is 0 Å². The highest BCUT2D eigenvalue weighted by atomic mass is 16.5. The Hall–Kier alpha value is -3.28. The zero-order valence-electron chi connectivity index (χ0n) is 21.4. The van der Waals surface area contributed by atoms with E-state index in [1.807, 2.05) is 53.4 Å². The monoisotopic (exact) mass is 491 g/mol. The number of methoxy groups -OCH3 is 1. The summed E-state index contributed by atoms with van der Waals surface area (Å²) in [5.74, 6) is 2.43. The number of esters is 1. The maximum Gasteiger partial charge on any atom is 0.334 e. The number of hydrogen-bond donors (Lipinski definition) is 0. The fraction of sp³-hybridized carbons (Fsp3) is 0.467. The van der Waals surface area contributed by atoms with Crippen molar-refractivity contribution in [3.8, 4) is 11.5 Å². The minimum atomic E-state index is -0.428. The fourth-order valence-electron chi connectivity index (χ4n) is 5.23. The SMILES string of the molecule is CCOC(=O)/C(=C/c1ccc(OCCc2ccc(OC)cc2)cc1)CC(=O)N1C[C@H]2CCCC[C@H]2C1. The second-order valence-electron chi connectivity index (χ2n) is 9.69. The molecule has 1 aliphatic heterocycles. The first-order valence-electron chi connectivity index (χ1n) is 13.1. The number of nitrogens with zero attached hydrogens (tertiary/aromatic N) is 1. The average molecular weight is 492 g/mol. The summed E-state index contributed by atoms with van der Waals surface area (Å²) in [7, 11) is 1.66. The molecular weight excluding hydrogens is 454 g/mol. The molecule has 1 aliphatic carbocycles. The number of ether oxygens (including phenoxy) is 3. The van der Waals surface area contributed by atoms with Crippen LogP contribution in [0, 0.1) is 11.8 Å². The Morgan fingerprint density at radius 2 is 1.58 bits per heavy atom. The van der Waals surface area contributed by atoms with Crippen molar-refractivity contribution in [2.45, 2.75) is 45.4 Å². The van der Waals surface area contributed by atoms with Gasteiger partial charge in [0, 0.05) is 25.1 Å². The molecule has 1 amide bonds. The molecule has 2 aliphatic rings. The van der Waals surface area contributed by atoms with Crippen molar-refractivity contribution in [3.05, 3.63) is 65.2 Å². The summed E-state index contributed by atoms with van der Waals surface area (Å²) >= 11 is 0. The van der Waals surface area contributed by atoms with Crippen LogP contribution in [-0.2, 0) is 20.7 Å². The van der Waals surface area contributed by atoms with E-state index in [1.54, 1.807) is 20.1 Å². The predicted molar refractivity (Wildman–Crippen MR) is 140 cm³/mol. The summed E-state index contributed by atoms with van der Waals surface area (Å²) in [6.07, 6.45) is 7.57. The number of amides is 1. The standard InChI is InChI=1S/C30H37NO5/c1-3-35-30(33)26(19-29(32)31-20-24-6-4-5-7-25(24)21-31)18-23-10-14-28(15-11-23)36-17-16-22-8-12-27(34-2)13-9-22/h8-15,18,24-25H,3-7,16-17,19-21H2,1-2H3/b26-18+/t24-,25+. The number of rotatable bonds is 10. The van der Waals surface area contributed by atoms with E-state index in [0.29, 0.717) is 24.0 Å². The van der Waals surface area contributed by atoms with Crippen LogP contribution in [0.15, 0.2) is 54.1 Å². The number of hydrogen-bond acceptors (Lipinski definition) is 5. The van der Waals surface area contributed by atoms with E-state index in [0.717, 1.165) is 36.6 Å². The van der Waals surface area contributed by atoms with Crippen molar-refractivity contribution in [2.75, 3.05) is 33.4 Å². The Labute approximate surface area is 214 Å². The molecule has 4 rings (SSSR count). The summed E-state index contributed by atoms with van der Waals surface area (Å²) in [4.78, 5) is 27.7. The van der Waals surface area contributed by atoms with Crippen LogP contribution in [0.3, 0.4) is 0 Å². The van der Waals surface area contributed by atoms with Gasteiger partial charge in [0.05, 0.1) is 26.7 Å². The lowest BCUT2D eigenvalue weighted by Crippen LogP contribution is -2.30. The molecule has 192 valence electrons. The number of carbonyl (C=O) groups is 2. The topological polar surface area (TPSA) is 65.1 Å². The molecule has 2 fully saturated rings. The quantitative estimate of drug-likeness (QED) is 0.333. The summed E-state index contributed by atoms with van der Waals surface area (Å²) in [5.41, 5.74) is 2.41. The van der Waals surface area contributed by atoms with Crippen LogP contribution in [-0.4, -0.2) is 50.2 Å². The van der Waals surface area contributed by atoms with Gasteiger partial charge in [0.25, 0.3) is 0 Å². The Balaban J connectivity index is 1.35. The highest BCUT2D eigenvalue weighted by Gasteiger charge is 2.36. The van der Waals surface area contributed by atoms with Gasteiger partial charge in [-0.15, -0.1) is 0 Å². The van der Waals surface area contributed by atoms with E-state index in [2.05, 4.69) is 0 Å². The van der Waals surface area contributed by atoms with E-state index < -0.39 is 5.97 Å². The third-order valence-corrected chi connectivity index (χ3v) is 7.25. The molecule has 0 bridgehead atoms. The van der Waals surface area contributed by atoms with Gasteiger partial charge in [-0.05, 0) is 73.1 Å². The summed E-state index contributed by atoms with van der Waals surface area (Å²) < 4.78 is 16.3. The third-order valence-electron chi connectivity index (χ3n) is 7.25. The van der Waals surface area contributed by atoms with E-state index >= 15 is 0 Å². The molecule has 36 heavy (non-hydrogen) atoms. The molecule has 2 atom stereocenters. The lowest BCUT2D eigenvalue weighted by atomic mass is 9.82. The number of likely N-dealkylation sites (tertiary alicyclic amines) is 1. The number of benzene rings is 2. The van der Waals surface area contributed by atoms with Crippen molar-refractivity contribution in [1.82, 2.24) is 4.90 Å². The number of carbonyl (C=O) groups excluding carboxylic acids is 2. The first-order chi connectivity index (χ1) is 17.6. The van der Waals surface area contributed by atoms with E-state index in [9.17, 15) is 9.59 Å². The van der Waals surface area contributed by atoms with Crippen LogP contribution in [0.2, 0.25) is 0 Å². The third kappa shape index (κ3) is 6.90. The Bertz CT molecular complexity index is 1030. The summed E-state index contributed by atoms with van der Waals surface area (Å²) in [6.45, 7) is 4.26. The normalized spacial score (nSPS) is 19.5. The van der Waals surface area contributed by atoms with Crippen molar-refractivity contribution in [3.63, 3.8) is 0 Å². The first kappa shape index (κ1) is 25.8. The van der Waals surface area contributed by atoms with E-state index in [-0.39, 0.29) is 18.9 Å². The molecule has 0 aromatic heterocycles. The van der Waals surface area contributed by atoms with Crippen molar-refractivity contribution in [2.24, 2.45) is 11.8 Å². The molecule has 6 nitrogen and oxygen atoms in total. The average Bonchev–Trinajstić information content (AvgIpc) is 3.34. The Morgan fingerprint density at radius 1 is 0.944 bits per heavy atom. The molecule has 1 saturated carbocycles. The Morgan fingerprint density at radius 3 is 2.19 bits per heavy atom. The second-order valence-corrected chi connectivity index (χ2v) is 9.69. The van der Waals surface area contributed by atoms with Crippen molar-refractivity contribution >= 4 is 18.0 Å². The highest BCUT2D eigenvalue weighted by molar-refractivity contribution is 5.99. The van der Waals surface area contributed by atoms with Crippen LogP contribution in [0.25, 0.3) is 6.08 Å². The maximum atomic E-state index is 13.1. The summed E-state index contributed by atoms with van der Waals surface area (Å²) in [5, 5.41) is 0. The summed E-state index contributed by atoms with van der Waals surface area (Å²) in [6, 6.07) is 15.5. The van der Waals surface area contributed by atoms with Crippen LogP contribution < -0.4 is 9.47 Å². The smallest absolute Gasteiger partial charge is 0.334 e. The minimum absolute atomic E-state index is 0.0159. The minimum Gasteiger partial charge on any atom is -0.497 e. The predicted octanol–water partition coefficient (Wildman–Crippen LogP) is 5.30. The molecule has 0 N–H and O–H groups in total. The second kappa shape index (κ2) is 12.6. The van der Waals surface area contributed by atoms with Crippen molar-refractivity contribution in [1.29, 1.82) is 0 Å². The lowest BCUT2D eigenvalue weighted by Gasteiger charge is -2.22. The highest BCUT2D eigenvalue weighted by Crippen LogP contribution is 2.36. The van der Waals surface area contributed by atoms with E-state index in [4.69, 9.17) is 14.2 Å². The first-order valence-corrected chi connectivity index (χ1v) is 13.1. The number of fused-ring (bicyclic) bond motifs is 1. The molecule has 2 aromatic rings. The van der Waals surface area contributed by atoms with E-state index in [1.165, 1.54) is 31.2 Å². The maximum absolute atomic E-state index is 13.1. The van der Waals surface area contributed by atoms with Gasteiger partial charge in [-0.2, -0.15) is 0 Å². The lowest BCUT2D eigenvalue weighted by molar-refractivity contribution is -0.140. The largest absolute Gasteiger partial charge is 0.497 e. The molecule has 0 spiro atoms. The van der Waals surface area contributed by atoms with Gasteiger partial charge in [0.1, 0.15) is 11.5 Å². The van der Waals surface area contributed by atoms with Gasteiger partial charge in [-0.3, -0.25) is 4.79 Å². The van der Waals surface area contributed by atoms with Crippen LogP contribution in [0.1, 0.15) is 50.2 Å². The molecule has 1 saturated heterocycles. The Kier molecular flexibility index (Phi) is 9.04. The molecule has 6 heteroatoms. The molecule has 0 unspecified atom stereocenters. The van der Waals surface area contributed by atoms with Gasteiger partial charge in [-0.1, -0.05) is 37.1 Å². The van der Waals surface area contributed by atoms with Gasteiger partial charge >= 0.3 is 5.97 Å². The van der Waals surface area contributed by atoms with Gasteiger partial charge in [0.15, 0.2) is 0 Å². The van der Waals surface area contributed by atoms with Gasteiger partial charge < -0.3 is 19.1 Å².